The van der Waals surface area contributed by atoms with E-state index in [0.29, 0.717) is 48.3 Å². The number of halogens is 1. The summed E-state index contributed by atoms with van der Waals surface area (Å²) in [5.74, 6) is 0.327. The van der Waals surface area contributed by atoms with Crippen molar-refractivity contribution < 1.29 is 9.18 Å². The topological polar surface area (TPSA) is 59.4 Å². The molecule has 1 aromatic heterocycles. The maximum atomic E-state index is 14.0. The molecule has 7 heteroatoms. The zero-order valence-corrected chi connectivity index (χ0v) is 17.4. The highest BCUT2D eigenvalue weighted by molar-refractivity contribution is 7.16. The second-order valence-corrected chi connectivity index (χ2v) is 9.04. The van der Waals surface area contributed by atoms with Gasteiger partial charge >= 0.3 is 0 Å². The molecule has 1 aliphatic heterocycles. The Labute approximate surface area is 174 Å². The number of carbonyl (C=O) groups excluding carboxylic acids is 1. The minimum atomic E-state index is -0.210. The van der Waals surface area contributed by atoms with Gasteiger partial charge in [0.25, 0.3) is 0 Å². The van der Waals surface area contributed by atoms with Crippen LogP contribution < -0.4 is 10.2 Å². The van der Waals surface area contributed by atoms with Gasteiger partial charge in [-0.05, 0) is 42.9 Å². The highest BCUT2D eigenvalue weighted by Gasteiger charge is 2.26. The molecular formula is C22H25FN4OS. The lowest BCUT2D eigenvalue weighted by Gasteiger charge is -2.35. The van der Waals surface area contributed by atoms with Crippen LogP contribution in [0.5, 0.6) is 0 Å². The summed E-state index contributed by atoms with van der Waals surface area (Å²) in [5.41, 5.74) is 2.40. The molecule has 1 atom stereocenters. The second-order valence-electron chi connectivity index (χ2n) is 7.93. The molecule has 0 unspecified atom stereocenters. The Balaban J connectivity index is 1.34. The quantitative estimate of drug-likeness (QED) is 0.833. The molecule has 1 N–H and O–H groups in total. The highest BCUT2D eigenvalue weighted by atomic mass is 32.1. The van der Waals surface area contributed by atoms with Gasteiger partial charge in [0.1, 0.15) is 16.9 Å². The summed E-state index contributed by atoms with van der Waals surface area (Å²) in [4.78, 5) is 17.9. The number of nitrogens with one attached hydrogen (secondary N) is 1. The molecule has 4 rings (SSSR count). The van der Waals surface area contributed by atoms with Crippen molar-refractivity contribution >= 4 is 27.9 Å². The average molecular weight is 413 g/mol. The van der Waals surface area contributed by atoms with E-state index in [2.05, 4.69) is 23.2 Å². The maximum Gasteiger partial charge on any atom is 0.239 e. The van der Waals surface area contributed by atoms with Gasteiger partial charge < -0.3 is 10.2 Å². The van der Waals surface area contributed by atoms with Crippen molar-refractivity contribution in [1.29, 1.82) is 5.26 Å². The first-order valence-corrected chi connectivity index (χ1v) is 10.9. The summed E-state index contributed by atoms with van der Waals surface area (Å²) in [6, 6.07) is 9.10. The number of amides is 1. The van der Waals surface area contributed by atoms with Gasteiger partial charge in [0, 0.05) is 31.1 Å². The van der Waals surface area contributed by atoms with E-state index in [0.717, 1.165) is 24.8 Å². The Morgan fingerprint density at radius 3 is 2.79 bits per heavy atom. The number of hydrogen-bond donors (Lipinski definition) is 1. The van der Waals surface area contributed by atoms with Gasteiger partial charge in [-0.25, -0.2) is 4.39 Å². The van der Waals surface area contributed by atoms with Crippen LogP contribution in [0.1, 0.15) is 29.3 Å². The number of rotatable bonds is 4. The summed E-state index contributed by atoms with van der Waals surface area (Å²) < 4.78 is 14.0. The van der Waals surface area contributed by atoms with Gasteiger partial charge in [-0.15, -0.1) is 11.3 Å². The molecule has 0 saturated carbocycles. The summed E-state index contributed by atoms with van der Waals surface area (Å²) in [5, 5.41) is 13.3. The molecule has 0 spiro atoms. The fourth-order valence-corrected chi connectivity index (χ4v) is 5.56. The number of piperazine rings is 1. The van der Waals surface area contributed by atoms with E-state index in [1.54, 1.807) is 23.5 Å². The largest absolute Gasteiger partial charge is 0.367 e. The van der Waals surface area contributed by atoms with E-state index in [1.807, 2.05) is 11.0 Å². The number of anilines is 2. The van der Waals surface area contributed by atoms with Crippen molar-refractivity contribution in [2.24, 2.45) is 5.92 Å². The maximum absolute atomic E-state index is 14.0. The lowest BCUT2D eigenvalue weighted by molar-refractivity contribution is -0.117. The number of nitrogens with zero attached hydrogens (tertiary/aromatic N) is 3. The first-order chi connectivity index (χ1) is 14.0. The molecule has 1 amide bonds. The van der Waals surface area contributed by atoms with Crippen molar-refractivity contribution in [3.63, 3.8) is 0 Å². The smallest absolute Gasteiger partial charge is 0.239 e. The Bertz CT molecular complexity index is 943. The lowest BCUT2D eigenvalue weighted by Crippen LogP contribution is -2.48. The average Bonchev–Trinajstić information content (AvgIpc) is 3.04. The first-order valence-electron chi connectivity index (χ1n) is 10.1. The minimum absolute atomic E-state index is 0.0903. The van der Waals surface area contributed by atoms with Crippen molar-refractivity contribution in [3.05, 3.63) is 46.1 Å². The molecule has 5 nitrogen and oxygen atoms in total. The fraction of sp³-hybridized carbons (Fsp3) is 0.455. The first kappa shape index (κ1) is 19.9. The van der Waals surface area contributed by atoms with Crippen molar-refractivity contribution in [2.45, 2.75) is 26.2 Å². The molecule has 1 aromatic carbocycles. The number of hydrogen-bond acceptors (Lipinski definition) is 5. The lowest BCUT2D eigenvalue weighted by atomic mass is 9.89. The Morgan fingerprint density at radius 2 is 2.07 bits per heavy atom. The van der Waals surface area contributed by atoms with E-state index < -0.39 is 0 Å². The molecule has 2 aromatic rings. The van der Waals surface area contributed by atoms with Gasteiger partial charge in [0.05, 0.1) is 17.8 Å². The summed E-state index contributed by atoms with van der Waals surface area (Å²) >= 11 is 1.56. The predicted octanol–water partition coefficient (Wildman–Crippen LogP) is 3.64. The molecule has 0 radical (unpaired) electrons. The highest BCUT2D eigenvalue weighted by Crippen LogP contribution is 2.39. The van der Waals surface area contributed by atoms with Gasteiger partial charge in [0.2, 0.25) is 5.91 Å². The summed E-state index contributed by atoms with van der Waals surface area (Å²) in [7, 11) is 0. The van der Waals surface area contributed by atoms with E-state index >= 15 is 0 Å². The molecule has 0 bridgehead atoms. The number of nitriles is 1. The van der Waals surface area contributed by atoms with Crippen LogP contribution in [0.25, 0.3) is 0 Å². The van der Waals surface area contributed by atoms with Crippen molar-refractivity contribution in [2.75, 3.05) is 42.9 Å². The Hall–Kier alpha value is -2.43. The molecule has 2 heterocycles. The van der Waals surface area contributed by atoms with E-state index in [-0.39, 0.29) is 18.3 Å². The monoisotopic (exact) mass is 412 g/mol. The molecule has 152 valence electrons. The molecular weight excluding hydrogens is 387 g/mol. The molecule has 1 fully saturated rings. The Morgan fingerprint density at radius 1 is 1.31 bits per heavy atom. The standard InChI is InChI=1S/C22H25FN4OS/c1-15-6-7-16-17(13-24)22(29-20(16)12-15)25-21(28)14-26-8-10-27(11-9-26)19-5-3-2-4-18(19)23/h2-5,15H,6-12,14H2,1H3,(H,25,28)/t15-/m1/s1. The van der Waals surface area contributed by atoms with Crippen LogP contribution >= 0.6 is 11.3 Å². The van der Waals surface area contributed by atoms with Gasteiger partial charge in [0.15, 0.2) is 0 Å². The number of thiophene rings is 1. The number of para-hydroxylation sites is 1. The van der Waals surface area contributed by atoms with Crippen LogP contribution in [-0.2, 0) is 17.6 Å². The minimum Gasteiger partial charge on any atom is -0.367 e. The van der Waals surface area contributed by atoms with E-state index in [4.69, 9.17) is 0 Å². The molecule has 1 saturated heterocycles. The normalized spacial score (nSPS) is 19.5. The van der Waals surface area contributed by atoms with Crippen LogP contribution in [0.15, 0.2) is 24.3 Å². The van der Waals surface area contributed by atoms with Crippen molar-refractivity contribution in [1.82, 2.24) is 4.90 Å². The number of benzene rings is 1. The Kier molecular flexibility index (Phi) is 5.84. The number of carbonyl (C=O) groups is 1. The second kappa shape index (κ2) is 8.52. The molecule has 29 heavy (non-hydrogen) atoms. The van der Waals surface area contributed by atoms with Crippen LogP contribution in [0.4, 0.5) is 15.1 Å². The van der Waals surface area contributed by atoms with Crippen LogP contribution in [0, 0.1) is 23.1 Å². The van der Waals surface area contributed by atoms with Gasteiger partial charge in [-0.1, -0.05) is 19.1 Å². The van der Waals surface area contributed by atoms with Crippen LogP contribution in [0.2, 0.25) is 0 Å². The molecule has 1 aliphatic carbocycles. The van der Waals surface area contributed by atoms with Crippen LogP contribution in [-0.4, -0.2) is 43.5 Å². The summed E-state index contributed by atoms with van der Waals surface area (Å²) in [6.45, 7) is 5.28. The third kappa shape index (κ3) is 4.29. The van der Waals surface area contributed by atoms with E-state index in [9.17, 15) is 14.4 Å². The van der Waals surface area contributed by atoms with Crippen LogP contribution in [0.3, 0.4) is 0 Å². The third-order valence-corrected chi connectivity index (χ3v) is 6.98. The SMILES string of the molecule is C[C@@H]1CCc2c(sc(NC(=O)CN3CCN(c4ccccc4F)CC3)c2C#N)C1. The van der Waals surface area contributed by atoms with Gasteiger partial charge in [-0.3, -0.25) is 9.69 Å². The predicted molar refractivity (Wildman–Crippen MR) is 114 cm³/mol. The molecule has 2 aliphatic rings. The van der Waals surface area contributed by atoms with Crippen molar-refractivity contribution in [3.8, 4) is 6.07 Å². The number of fused-ring (bicyclic) bond motifs is 1. The third-order valence-electron chi connectivity index (χ3n) is 5.81. The van der Waals surface area contributed by atoms with E-state index in [1.165, 1.54) is 10.9 Å². The zero-order chi connectivity index (χ0) is 20.4. The fourth-order valence-electron chi connectivity index (χ4n) is 4.18. The summed E-state index contributed by atoms with van der Waals surface area (Å²) in [6.07, 6.45) is 3.00. The zero-order valence-electron chi connectivity index (χ0n) is 16.6. The van der Waals surface area contributed by atoms with Gasteiger partial charge in [-0.2, -0.15) is 5.26 Å².